The van der Waals surface area contributed by atoms with Crippen LogP contribution in [0.1, 0.15) is 32.6 Å². The molecule has 0 radical (unpaired) electrons. The lowest BCUT2D eigenvalue weighted by molar-refractivity contribution is 0.0453. The van der Waals surface area contributed by atoms with E-state index in [4.69, 9.17) is 5.73 Å². The highest BCUT2D eigenvalue weighted by molar-refractivity contribution is 14.1. The van der Waals surface area contributed by atoms with Crippen LogP contribution in [0.5, 0.6) is 0 Å². The number of nitrogens with zero attached hydrogens (tertiary/aromatic N) is 2. The Bertz CT molecular complexity index is 223. The fourth-order valence-electron chi connectivity index (χ4n) is 2.35. The number of piperidine rings is 1. The lowest BCUT2D eigenvalue weighted by Crippen LogP contribution is -2.56. The Kier molecular flexibility index (Phi) is 7.92. The number of rotatable bonds is 7. The minimum atomic E-state index is -0.0798. The van der Waals surface area contributed by atoms with Crippen LogP contribution in [0.2, 0.25) is 0 Å². The van der Waals surface area contributed by atoms with Crippen molar-refractivity contribution >= 4 is 22.9 Å². The molecule has 0 bridgehead atoms. The fourth-order valence-corrected chi connectivity index (χ4v) is 2.70. The molecule has 1 heterocycles. The third-order valence-electron chi connectivity index (χ3n) is 3.31. The van der Waals surface area contributed by atoms with Gasteiger partial charge in [-0.15, -0.1) is 0 Å². The number of hydroxylamine groups is 1. The van der Waals surface area contributed by atoms with Crippen molar-refractivity contribution in [2.45, 2.75) is 51.1 Å². The third-order valence-corrected chi connectivity index (χ3v) is 3.98. The molecule has 0 aromatic rings. The summed E-state index contributed by atoms with van der Waals surface area (Å²) < 4.78 is 1.94. The van der Waals surface area contributed by atoms with Gasteiger partial charge in [0.05, 0.1) is 18.5 Å². The zero-order chi connectivity index (χ0) is 13.5. The summed E-state index contributed by atoms with van der Waals surface area (Å²) in [5.74, 6) is 0. The van der Waals surface area contributed by atoms with E-state index in [0.29, 0.717) is 0 Å². The zero-order valence-electron chi connectivity index (χ0n) is 11.3. The molecule has 1 rings (SSSR count). The summed E-state index contributed by atoms with van der Waals surface area (Å²) in [5.41, 5.74) is 8.21. The van der Waals surface area contributed by atoms with Crippen molar-refractivity contribution in [3.63, 3.8) is 0 Å². The molecule has 0 aromatic heterocycles. The molecule has 3 atom stereocenters. The summed E-state index contributed by atoms with van der Waals surface area (Å²) in [4.78, 5) is 2.43. The highest BCUT2D eigenvalue weighted by Gasteiger charge is 2.25. The molecule has 2 unspecified atom stereocenters. The van der Waals surface area contributed by atoms with E-state index in [0.717, 1.165) is 19.5 Å². The molecule has 1 aliphatic heterocycles. The second-order valence-corrected chi connectivity index (χ2v) is 6.50. The van der Waals surface area contributed by atoms with E-state index in [2.05, 4.69) is 38.6 Å². The van der Waals surface area contributed by atoms with Crippen LogP contribution in [0.4, 0.5) is 0 Å². The lowest BCUT2D eigenvalue weighted by Gasteiger charge is -2.38. The second-order valence-electron chi connectivity index (χ2n) is 4.97. The van der Waals surface area contributed by atoms with Crippen LogP contribution in [0.3, 0.4) is 0 Å². The standard InChI is InChI=1S/C11H26IN5O/c1-9(13)14-10(8-11(15-18)16(2)12)17-6-4-3-5-7-17/h9-11,14-15,18H,3-8,13H2,1-2H3/t9-,10?,11?/m0/s1. The average molecular weight is 371 g/mol. The molecule has 0 aromatic carbocycles. The van der Waals surface area contributed by atoms with Gasteiger partial charge in [0, 0.05) is 29.3 Å². The average Bonchev–Trinajstić information content (AvgIpc) is 2.34. The topological polar surface area (TPSA) is 76.8 Å². The predicted molar refractivity (Wildman–Crippen MR) is 81.1 cm³/mol. The van der Waals surface area contributed by atoms with Crippen LogP contribution in [-0.4, -0.2) is 51.9 Å². The molecule has 6 nitrogen and oxygen atoms in total. The van der Waals surface area contributed by atoms with Crippen molar-refractivity contribution in [3.05, 3.63) is 0 Å². The SMILES string of the molecule is C[C@@H](N)NC(CC(NO)N(C)I)N1CCCCC1. The number of likely N-dealkylation sites (tertiary alicyclic amines) is 1. The van der Waals surface area contributed by atoms with Crippen molar-refractivity contribution in [1.82, 2.24) is 18.8 Å². The first-order valence-electron chi connectivity index (χ1n) is 6.58. The summed E-state index contributed by atoms with van der Waals surface area (Å²) in [7, 11) is 1.94. The van der Waals surface area contributed by atoms with E-state index < -0.39 is 0 Å². The van der Waals surface area contributed by atoms with Crippen molar-refractivity contribution in [1.29, 1.82) is 0 Å². The summed E-state index contributed by atoms with van der Waals surface area (Å²) in [6.07, 6.45) is 4.67. The van der Waals surface area contributed by atoms with E-state index in [-0.39, 0.29) is 18.5 Å². The normalized spacial score (nSPS) is 23.0. The predicted octanol–water partition coefficient (Wildman–Crippen LogP) is 0.670. The van der Waals surface area contributed by atoms with Crippen molar-refractivity contribution in [2.24, 2.45) is 5.73 Å². The fraction of sp³-hybridized carbons (Fsp3) is 1.00. The lowest BCUT2D eigenvalue weighted by atomic mass is 10.1. The molecule has 1 aliphatic rings. The van der Waals surface area contributed by atoms with Crippen LogP contribution in [0, 0.1) is 0 Å². The molecular formula is C11H26IN5O. The van der Waals surface area contributed by atoms with Gasteiger partial charge >= 0.3 is 0 Å². The Morgan fingerprint density at radius 2 is 2.00 bits per heavy atom. The molecule has 0 aliphatic carbocycles. The van der Waals surface area contributed by atoms with Crippen LogP contribution in [-0.2, 0) is 0 Å². The van der Waals surface area contributed by atoms with Gasteiger partial charge in [-0.25, -0.2) is 3.11 Å². The van der Waals surface area contributed by atoms with Crippen LogP contribution >= 0.6 is 22.9 Å². The largest absolute Gasteiger partial charge is 0.316 e. The van der Waals surface area contributed by atoms with Crippen LogP contribution < -0.4 is 16.5 Å². The number of halogens is 1. The number of hydrogen-bond donors (Lipinski definition) is 4. The van der Waals surface area contributed by atoms with Gasteiger partial charge in [-0.05, 0) is 39.9 Å². The van der Waals surface area contributed by atoms with E-state index in [1.165, 1.54) is 19.3 Å². The van der Waals surface area contributed by atoms with Gasteiger partial charge in [-0.1, -0.05) is 6.42 Å². The van der Waals surface area contributed by atoms with E-state index >= 15 is 0 Å². The second kappa shape index (κ2) is 8.62. The summed E-state index contributed by atoms with van der Waals surface area (Å²) in [6, 6.07) is 0. The maximum Gasteiger partial charge on any atom is 0.0945 e. The Hall–Kier alpha value is 0.490. The first-order chi connectivity index (χ1) is 8.54. The first-order valence-corrected chi connectivity index (χ1v) is 7.55. The Morgan fingerprint density at radius 1 is 1.39 bits per heavy atom. The molecule has 5 N–H and O–H groups in total. The van der Waals surface area contributed by atoms with Crippen LogP contribution in [0.15, 0.2) is 0 Å². The monoisotopic (exact) mass is 371 g/mol. The van der Waals surface area contributed by atoms with Gasteiger partial charge in [-0.3, -0.25) is 10.2 Å². The Labute approximate surface area is 124 Å². The van der Waals surface area contributed by atoms with E-state index in [1.54, 1.807) is 0 Å². The van der Waals surface area contributed by atoms with Crippen LogP contribution in [0.25, 0.3) is 0 Å². The van der Waals surface area contributed by atoms with Crippen molar-refractivity contribution < 1.29 is 5.21 Å². The van der Waals surface area contributed by atoms with Gasteiger partial charge in [-0.2, -0.15) is 5.48 Å². The highest BCUT2D eigenvalue weighted by atomic mass is 127. The quantitative estimate of drug-likeness (QED) is 0.228. The van der Waals surface area contributed by atoms with Gasteiger partial charge in [0.25, 0.3) is 0 Å². The summed E-state index contributed by atoms with van der Waals surface area (Å²) in [6.45, 7) is 4.16. The minimum absolute atomic E-state index is 0.0456. The Morgan fingerprint density at radius 3 is 2.44 bits per heavy atom. The molecule has 0 spiro atoms. The molecule has 18 heavy (non-hydrogen) atoms. The van der Waals surface area contributed by atoms with Gasteiger partial charge in [0.2, 0.25) is 0 Å². The smallest absolute Gasteiger partial charge is 0.0945 e. The molecule has 0 saturated carbocycles. The molecular weight excluding hydrogens is 345 g/mol. The van der Waals surface area contributed by atoms with Crippen molar-refractivity contribution in [3.8, 4) is 0 Å². The first kappa shape index (κ1) is 16.5. The Balaban J connectivity index is 2.58. The number of hydrogen-bond acceptors (Lipinski definition) is 6. The van der Waals surface area contributed by atoms with E-state index in [9.17, 15) is 5.21 Å². The van der Waals surface area contributed by atoms with E-state index in [1.807, 2.05) is 17.1 Å². The molecule has 1 fully saturated rings. The molecule has 0 amide bonds. The zero-order valence-corrected chi connectivity index (χ0v) is 13.4. The summed E-state index contributed by atoms with van der Waals surface area (Å²) in [5, 5.41) is 12.6. The van der Waals surface area contributed by atoms with Gasteiger partial charge in [0.1, 0.15) is 0 Å². The third kappa shape index (κ3) is 5.64. The number of nitrogens with one attached hydrogen (secondary N) is 2. The highest BCUT2D eigenvalue weighted by Crippen LogP contribution is 2.16. The minimum Gasteiger partial charge on any atom is -0.316 e. The molecule has 7 heteroatoms. The van der Waals surface area contributed by atoms with Gasteiger partial charge < -0.3 is 10.9 Å². The maximum absolute atomic E-state index is 9.20. The number of nitrogens with two attached hydrogens (primary N) is 1. The summed E-state index contributed by atoms with van der Waals surface area (Å²) >= 11 is 2.18. The van der Waals surface area contributed by atoms with Crippen molar-refractivity contribution in [2.75, 3.05) is 20.1 Å². The molecule has 108 valence electrons. The maximum atomic E-state index is 9.20. The molecule has 1 saturated heterocycles. The van der Waals surface area contributed by atoms with Gasteiger partial charge in [0.15, 0.2) is 0 Å².